The fourth-order valence-electron chi connectivity index (χ4n) is 6.81. The van der Waals surface area contributed by atoms with E-state index in [0.29, 0.717) is 76.9 Å². The van der Waals surface area contributed by atoms with E-state index in [1.165, 1.54) is 0 Å². The van der Waals surface area contributed by atoms with Crippen LogP contribution >= 0.6 is 0 Å². The molecule has 14 heteroatoms. The van der Waals surface area contributed by atoms with Gasteiger partial charge < -0.3 is 58.1 Å². The van der Waals surface area contributed by atoms with E-state index in [1.807, 2.05) is 54.6 Å². The first-order chi connectivity index (χ1) is 27.8. The number of anilines is 1. The molecule has 0 radical (unpaired) electrons. The van der Waals surface area contributed by atoms with Crippen LogP contribution in [0, 0.1) is 0 Å². The number of benzene rings is 4. The Balaban J connectivity index is 0.941. The predicted octanol–water partition coefficient (Wildman–Crippen LogP) is 7.87. The number of oxime groups is 1. The molecule has 2 aliphatic rings. The number of unbranched alkanes of at least 4 members (excludes halogenated alkanes) is 4. The van der Waals surface area contributed by atoms with Crippen LogP contribution in [-0.2, 0) is 4.84 Å². The molecule has 0 aromatic heterocycles. The number of nitrogens with zero attached hydrogens (tertiary/aromatic N) is 1. The number of carbonyl (C=O) groups excluding carboxylic acids is 1. The molecule has 2 atom stereocenters. The molecule has 2 unspecified atom stereocenters. The molecule has 6 rings (SSSR count). The van der Waals surface area contributed by atoms with E-state index in [2.05, 4.69) is 15.8 Å². The van der Waals surface area contributed by atoms with Gasteiger partial charge in [0.25, 0.3) is 5.91 Å². The molecule has 4 aromatic rings. The summed E-state index contributed by atoms with van der Waals surface area (Å²) in [5, 5.41) is 10.8. The maximum Gasteiger partial charge on any atom is 0.255 e. The smallest absolute Gasteiger partial charge is 0.255 e. The second kappa shape index (κ2) is 19.1. The molecule has 57 heavy (non-hydrogen) atoms. The number of carbonyl (C=O) groups is 1. The quantitative estimate of drug-likeness (QED) is 0.0841. The second-order valence-corrected chi connectivity index (χ2v) is 13.3. The molecule has 0 saturated carbocycles. The molecule has 0 saturated heterocycles. The van der Waals surface area contributed by atoms with E-state index in [9.17, 15) is 4.79 Å². The van der Waals surface area contributed by atoms with Gasteiger partial charge in [0.15, 0.2) is 40.6 Å². The lowest BCUT2D eigenvalue weighted by Crippen LogP contribution is -2.38. The summed E-state index contributed by atoms with van der Waals surface area (Å²) < 4.78 is 51.1. The highest BCUT2D eigenvalue weighted by atomic mass is 16.6. The fraction of sp³-hybridized carbons (Fsp3) is 0.395. The molecule has 14 nitrogen and oxygen atoms in total. The predicted molar refractivity (Wildman–Crippen MR) is 215 cm³/mol. The number of nitrogens with one attached hydrogen (secondary N) is 2. The van der Waals surface area contributed by atoms with Gasteiger partial charge in [-0.25, -0.2) is 0 Å². The van der Waals surface area contributed by atoms with Gasteiger partial charge in [-0.1, -0.05) is 30.5 Å². The number of ether oxygens (including phenoxy) is 9. The largest absolute Gasteiger partial charge is 0.497 e. The number of hydrogen-bond donors (Lipinski definition) is 2. The number of fused-ring (bicyclic) bond motifs is 1. The zero-order valence-corrected chi connectivity index (χ0v) is 33.5. The van der Waals surface area contributed by atoms with Gasteiger partial charge in [-0.2, -0.15) is 0 Å². The summed E-state index contributed by atoms with van der Waals surface area (Å²) in [6.45, 7) is 1.07. The Morgan fingerprint density at radius 1 is 0.596 bits per heavy atom. The minimum absolute atomic E-state index is 0.178. The third kappa shape index (κ3) is 9.28. The maximum atomic E-state index is 12.8. The Bertz CT molecular complexity index is 2000. The standard InChI is InChI=1S/C43H51N3O11/c1-48-29-14-15-31-30(24-29)43(47)45-42(44-31)26-13-16-33(35(19-26)49-2)55-17-11-9-8-10-12-18-56-41-38(52-5)20-27(21-39(41)53-6)32-25-34(57-46-32)28-22-36(50-3)40(54-7)37(23-28)51-4/h13-16,19-24,34,42,44H,8-12,17-18,25H2,1-7H3,(H,45,47). The van der Waals surface area contributed by atoms with Crippen molar-refractivity contribution in [3.8, 4) is 51.7 Å². The van der Waals surface area contributed by atoms with Crippen molar-refractivity contribution in [1.29, 1.82) is 0 Å². The molecule has 1 amide bonds. The fourth-order valence-corrected chi connectivity index (χ4v) is 6.81. The molecule has 304 valence electrons. The molecule has 0 spiro atoms. The first kappa shape index (κ1) is 40.5. The van der Waals surface area contributed by atoms with Crippen LogP contribution in [0.2, 0.25) is 0 Å². The average molecular weight is 786 g/mol. The van der Waals surface area contributed by atoms with E-state index in [0.717, 1.165) is 60.2 Å². The molecular formula is C43H51N3O11. The van der Waals surface area contributed by atoms with Crippen LogP contribution in [0.4, 0.5) is 5.69 Å². The normalized spacial score (nSPS) is 15.6. The van der Waals surface area contributed by atoms with Crippen LogP contribution in [0.1, 0.15) is 77.8 Å². The Morgan fingerprint density at radius 3 is 1.84 bits per heavy atom. The summed E-state index contributed by atoms with van der Waals surface area (Å²) in [5.74, 6) is 4.95. The molecular weight excluding hydrogens is 734 g/mol. The van der Waals surface area contributed by atoms with Gasteiger partial charge in [-0.15, -0.1) is 0 Å². The minimum atomic E-state index is -0.412. The van der Waals surface area contributed by atoms with Crippen molar-refractivity contribution in [2.24, 2.45) is 5.16 Å². The van der Waals surface area contributed by atoms with Crippen LogP contribution < -0.4 is 53.3 Å². The Kier molecular flexibility index (Phi) is 13.6. The van der Waals surface area contributed by atoms with E-state index in [4.69, 9.17) is 47.5 Å². The van der Waals surface area contributed by atoms with Crippen molar-refractivity contribution in [3.05, 3.63) is 82.9 Å². The second-order valence-electron chi connectivity index (χ2n) is 13.3. The highest BCUT2D eigenvalue weighted by Gasteiger charge is 2.29. The third-order valence-electron chi connectivity index (χ3n) is 9.88. The lowest BCUT2D eigenvalue weighted by atomic mass is 9.99. The highest BCUT2D eigenvalue weighted by molar-refractivity contribution is 6.03. The maximum absolute atomic E-state index is 12.8. The third-order valence-corrected chi connectivity index (χ3v) is 9.88. The monoisotopic (exact) mass is 785 g/mol. The van der Waals surface area contributed by atoms with Crippen molar-refractivity contribution in [2.45, 2.75) is 50.8 Å². The first-order valence-corrected chi connectivity index (χ1v) is 18.8. The van der Waals surface area contributed by atoms with Gasteiger partial charge in [0, 0.05) is 23.2 Å². The topological polar surface area (TPSA) is 146 Å². The lowest BCUT2D eigenvalue weighted by molar-refractivity contribution is 0.0853. The first-order valence-electron chi connectivity index (χ1n) is 18.8. The Hall–Kier alpha value is -6.18. The number of rotatable bonds is 20. The van der Waals surface area contributed by atoms with Gasteiger partial charge >= 0.3 is 0 Å². The zero-order chi connectivity index (χ0) is 40.3. The van der Waals surface area contributed by atoms with Crippen LogP contribution in [-0.4, -0.2) is 74.6 Å². The van der Waals surface area contributed by atoms with Crippen molar-refractivity contribution in [1.82, 2.24) is 5.32 Å². The van der Waals surface area contributed by atoms with Crippen LogP contribution in [0.25, 0.3) is 0 Å². The Morgan fingerprint density at radius 2 is 1.21 bits per heavy atom. The Labute approximate surface area is 333 Å². The van der Waals surface area contributed by atoms with Crippen molar-refractivity contribution < 1.29 is 52.3 Å². The van der Waals surface area contributed by atoms with Gasteiger partial charge in [0.2, 0.25) is 11.5 Å². The van der Waals surface area contributed by atoms with E-state index in [1.54, 1.807) is 55.8 Å². The van der Waals surface area contributed by atoms with E-state index in [-0.39, 0.29) is 12.0 Å². The number of methoxy groups -OCH3 is 7. The summed E-state index contributed by atoms with van der Waals surface area (Å²) in [7, 11) is 11.1. The number of hydrogen-bond acceptors (Lipinski definition) is 13. The van der Waals surface area contributed by atoms with Crippen molar-refractivity contribution in [3.63, 3.8) is 0 Å². The summed E-state index contributed by atoms with van der Waals surface area (Å²) >= 11 is 0. The molecule has 4 aromatic carbocycles. The summed E-state index contributed by atoms with van der Waals surface area (Å²) in [6.07, 6.45) is 4.55. The molecule has 2 heterocycles. The molecule has 0 bridgehead atoms. The molecule has 0 aliphatic carbocycles. The van der Waals surface area contributed by atoms with Crippen molar-refractivity contribution in [2.75, 3.05) is 68.3 Å². The average Bonchev–Trinajstić information content (AvgIpc) is 3.75. The summed E-state index contributed by atoms with van der Waals surface area (Å²) in [4.78, 5) is 18.7. The van der Waals surface area contributed by atoms with Crippen LogP contribution in [0.15, 0.2) is 65.8 Å². The summed E-state index contributed by atoms with van der Waals surface area (Å²) in [6, 6.07) is 18.6. The molecule has 2 aliphatic heterocycles. The lowest BCUT2D eigenvalue weighted by Gasteiger charge is -2.28. The summed E-state index contributed by atoms with van der Waals surface area (Å²) in [5.41, 5.74) is 4.52. The van der Waals surface area contributed by atoms with E-state index < -0.39 is 6.17 Å². The van der Waals surface area contributed by atoms with E-state index >= 15 is 0 Å². The number of amides is 1. The molecule has 2 N–H and O–H groups in total. The van der Waals surface area contributed by atoms with Gasteiger partial charge in [0.05, 0.1) is 74.3 Å². The molecule has 0 fully saturated rings. The highest BCUT2D eigenvalue weighted by Crippen LogP contribution is 2.44. The van der Waals surface area contributed by atoms with Crippen molar-refractivity contribution >= 4 is 17.3 Å². The van der Waals surface area contributed by atoms with Crippen LogP contribution in [0.5, 0.6) is 51.7 Å². The van der Waals surface area contributed by atoms with Gasteiger partial charge in [-0.05, 0) is 73.0 Å². The van der Waals surface area contributed by atoms with Crippen LogP contribution in [0.3, 0.4) is 0 Å². The van der Waals surface area contributed by atoms with Gasteiger partial charge in [0.1, 0.15) is 11.9 Å². The SMILES string of the molecule is COc1ccc2c(c1)C(=O)NC(c1ccc(OCCCCCCCOc3c(OC)cc(C4=NOC(c5cc(OC)c(OC)c(OC)c5)C4)cc3OC)c(OC)c1)N2. The van der Waals surface area contributed by atoms with Gasteiger partial charge in [-0.3, -0.25) is 4.79 Å². The minimum Gasteiger partial charge on any atom is -0.497 e. The zero-order valence-electron chi connectivity index (χ0n) is 33.5.